The fourth-order valence-electron chi connectivity index (χ4n) is 4.27. The van der Waals surface area contributed by atoms with Crippen molar-refractivity contribution in [3.05, 3.63) is 64.8 Å². The van der Waals surface area contributed by atoms with Crippen LogP contribution in [0.4, 0.5) is 22.1 Å². The summed E-state index contributed by atoms with van der Waals surface area (Å²) < 4.78 is 5.58. The van der Waals surface area contributed by atoms with Crippen LogP contribution in [0.1, 0.15) is 49.9 Å². The zero-order valence-corrected chi connectivity index (χ0v) is 21.5. The van der Waals surface area contributed by atoms with Crippen molar-refractivity contribution in [1.29, 1.82) is 10.5 Å². The molecule has 1 aliphatic rings. The lowest BCUT2D eigenvalue weighted by Crippen LogP contribution is -2.40. The second kappa shape index (κ2) is 9.53. The Kier molecular flexibility index (Phi) is 6.60. The van der Waals surface area contributed by atoms with Crippen molar-refractivity contribution in [2.75, 3.05) is 23.4 Å². The van der Waals surface area contributed by atoms with E-state index in [-0.39, 0.29) is 18.7 Å². The average molecular weight is 497 g/mol. The Hall–Kier alpha value is -4.47. The van der Waals surface area contributed by atoms with Crippen molar-refractivity contribution in [2.24, 2.45) is 0 Å². The molecule has 1 atom stereocenters. The number of nitriles is 2. The van der Waals surface area contributed by atoms with Gasteiger partial charge in [-0.1, -0.05) is 13.0 Å². The van der Waals surface area contributed by atoms with Gasteiger partial charge in [-0.25, -0.2) is 14.8 Å². The van der Waals surface area contributed by atoms with Gasteiger partial charge in [0.2, 0.25) is 5.95 Å². The standard InChI is InChI=1S/C28H28N6O3/c1-17-6-7-18(13-29)10-23(17)33-25-31-9-8-22(32-25)19-11-20(14-30)24-21(12-19)28(5,16-35)15-34(24)26(36)37-27(2,3)4/h6-12,35H,15-16H2,1-5H3,(H,31,32,33)/t28-/m1/s1. The van der Waals surface area contributed by atoms with Crippen molar-refractivity contribution < 1.29 is 14.6 Å². The summed E-state index contributed by atoms with van der Waals surface area (Å²) in [6, 6.07) is 14.9. The number of rotatable bonds is 4. The number of fused-ring (bicyclic) bond motifs is 1. The Labute approximate surface area is 216 Å². The molecule has 3 aromatic rings. The Balaban J connectivity index is 1.77. The molecule has 0 unspecified atom stereocenters. The molecule has 2 heterocycles. The van der Waals surface area contributed by atoms with Gasteiger partial charge in [0, 0.05) is 29.4 Å². The minimum atomic E-state index is -0.795. The monoisotopic (exact) mass is 496 g/mol. The number of ether oxygens (including phenoxy) is 1. The summed E-state index contributed by atoms with van der Waals surface area (Å²) in [5, 5.41) is 32.7. The van der Waals surface area contributed by atoms with Crippen LogP contribution >= 0.6 is 0 Å². The lowest BCUT2D eigenvalue weighted by molar-refractivity contribution is 0.0575. The van der Waals surface area contributed by atoms with Gasteiger partial charge in [0.1, 0.15) is 11.7 Å². The zero-order valence-electron chi connectivity index (χ0n) is 21.5. The number of amides is 1. The minimum Gasteiger partial charge on any atom is -0.443 e. The first-order chi connectivity index (χ1) is 17.5. The van der Waals surface area contributed by atoms with E-state index in [1.54, 1.807) is 51.2 Å². The number of carbonyl (C=O) groups is 1. The van der Waals surface area contributed by atoms with E-state index in [1.807, 2.05) is 26.0 Å². The van der Waals surface area contributed by atoms with Gasteiger partial charge < -0.3 is 15.2 Å². The molecular weight excluding hydrogens is 468 g/mol. The maximum atomic E-state index is 13.0. The number of hydrogen-bond donors (Lipinski definition) is 2. The first-order valence-corrected chi connectivity index (χ1v) is 11.8. The number of aromatic nitrogens is 2. The number of hydrogen-bond acceptors (Lipinski definition) is 8. The number of anilines is 3. The van der Waals surface area contributed by atoms with Gasteiger partial charge in [0.25, 0.3) is 0 Å². The van der Waals surface area contributed by atoms with Crippen LogP contribution < -0.4 is 10.2 Å². The summed E-state index contributed by atoms with van der Waals surface area (Å²) in [6.45, 7) is 9.05. The first kappa shape index (κ1) is 25.6. The molecule has 2 aromatic carbocycles. The van der Waals surface area contributed by atoms with E-state index in [2.05, 4.69) is 27.4 Å². The van der Waals surface area contributed by atoms with Crippen molar-refractivity contribution in [1.82, 2.24) is 9.97 Å². The van der Waals surface area contributed by atoms with Crippen molar-refractivity contribution in [3.8, 4) is 23.4 Å². The fraction of sp³-hybridized carbons (Fsp3) is 0.321. The zero-order chi connectivity index (χ0) is 27.0. The smallest absolute Gasteiger partial charge is 0.414 e. The van der Waals surface area contributed by atoms with Gasteiger partial charge >= 0.3 is 6.09 Å². The van der Waals surface area contributed by atoms with Gasteiger partial charge in [-0.2, -0.15) is 10.5 Å². The van der Waals surface area contributed by atoms with Crippen LogP contribution in [0.15, 0.2) is 42.6 Å². The highest BCUT2D eigenvalue weighted by molar-refractivity contribution is 5.95. The summed E-state index contributed by atoms with van der Waals surface area (Å²) in [7, 11) is 0. The maximum Gasteiger partial charge on any atom is 0.414 e. The molecule has 1 aliphatic heterocycles. The van der Waals surface area contributed by atoms with E-state index in [9.17, 15) is 20.4 Å². The van der Waals surface area contributed by atoms with Gasteiger partial charge in [-0.15, -0.1) is 0 Å². The number of aliphatic hydroxyl groups is 1. The molecule has 0 spiro atoms. The molecular formula is C28H28N6O3. The van der Waals surface area contributed by atoms with Crippen LogP contribution in [0.3, 0.4) is 0 Å². The predicted molar refractivity (Wildman–Crippen MR) is 139 cm³/mol. The van der Waals surface area contributed by atoms with E-state index >= 15 is 0 Å². The molecule has 0 bridgehead atoms. The summed E-state index contributed by atoms with van der Waals surface area (Å²) in [5.41, 5.74) is 3.24. The number of aliphatic hydroxyl groups excluding tert-OH is 1. The lowest BCUT2D eigenvalue weighted by Gasteiger charge is -2.26. The highest BCUT2D eigenvalue weighted by Crippen LogP contribution is 2.45. The molecule has 0 saturated carbocycles. The number of benzene rings is 2. The third-order valence-electron chi connectivity index (χ3n) is 6.18. The normalized spacial score (nSPS) is 16.5. The molecule has 0 saturated heterocycles. The van der Waals surface area contributed by atoms with Gasteiger partial charge in [-0.05, 0) is 69.2 Å². The Bertz CT molecular complexity index is 1460. The Morgan fingerprint density at radius 3 is 2.62 bits per heavy atom. The third-order valence-corrected chi connectivity index (χ3v) is 6.18. The molecule has 9 nitrogen and oxygen atoms in total. The van der Waals surface area contributed by atoms with Crippen LogP contribution in [0.2, 0.25) is 0 Å². The van der Waals surface area contributed by atoms with Crippen LogP contribution in [0, 0.1) is 29.6 Å². The molecule has 9 heteroatoms. The number of nitrogens with one attached hydrogen (secondary N) is 1. The van der Waals surface area contributed by atoms with Crippen molar-refractivity contribution in [2.45, 2.75) is 45.6 Å². The number of aryl methyl sites for hydroxylation is 1. The summed E-state index contributed by atoms with van der Waals surface area (Å²) in [5.74, 6) is 0.329. The molecule has 2 N–H and O–H groups in total. The second-order valence-electron chi connectivity index (χ2n) is 10.3. The summed E-state index contributed by atoms with van der Waals surface area (Å²) >= 11 is 0. The largest absolute Gasteiger partial charge is 0.443 e. The van der Waals surface area contributed by atoms with Crippen LogP contribution in [-0.4, -0.2) is 39.9 Å². The van der Waals surface area contributed by atoms with Crippen LogP contribution in [-0.2, 0) is 10.2 Å². The predicted octanol–water partition coefficient (Wildman–Crippen LogP) is 4.94. The lowest BCUT2D eigenvalue weighted by atomic mass is 9.83. The maximum absolute atomic E-state index is 13.0. The molecule has 1 aromatic heterocycles. The fourth-order valence-corrected chi connectivity index (χ4v) is 4.27. The first-order valence-electron chi connectivity index (χ1n) is 11.8. The number of nitrogens with zero attached hydrogens (tertiary/aromatic N) is 5. The Morgan fingerprint density at radius 1 is 1.22 bits per heavy atom. The summed E-state index contributed by atoms with van der Waals surface area (Å²) in [4.78, 5) is 23.4. The van der Waals surface area contributed by atoms with E-state index in [1.165, 1.54) is 4.90 Å². The van der Waals surface area contributed by atoms with Gasteiger partial charge in [0.05, 0.1) is 35.2 Å². The van der Waals surface area contributed by atoms with Crippen molar-refractivity contribution in [3.63, 3.8) is 0 Å². The van der Waals surface area contributed by atoms with Crippen molar-refractivity contribution >= 4 is 23.4 Å². The molecule has 0 radical (unpaired) electrons. The highest BCUT2D eigenvalue weighted by atomic mass is 16.6. The number of carbonyl (C=O) groups excluding carboxylic acids is 1. The molecule has 4 rings (SSSR count). The average Bonchev–Trinajstić information content (AvgIpc) is 3.17. The third kappa shape index (κ3) is 5.09. The van der Waals surface area contributed by atoms with Gasteiger partial charge in [-0.3, -0.25) is 4.90 Å². The molecule has 37 heavy (non-hydrogen) atoms. The molecule has 0 fully saturated rings. The van der Waals surface area contributed by atoms with Crippen LogP contribution in [0.25, 0.3) is 11.3 Å². The minimum absolute atomic E-state index is 0.178. The van der Waals surface area contributed by atoms with E-state index in [4.69, 9.17) is 4.74 Å². The van der Waals surface area contributed by atoms with Gasteiger partial charge in [0.15, 0.2) is 0 Å². The molecule has 1 amide bonds. The second-order valence-corrected chi connectivity index (χ2v) is 10.3. The van der Waals surface area contributed by atoms with E-state index in [0.717, 1.165) is 5.56 Å². The van der Waals surface area contributed by atoms with E-state index in [0.29, 0.717) is 39.7 Å². The SMILES string of the molecule is Cc1ccc(C#N)cc1Nc1nccc(-c2cc(C#N)c3c(c2)[C@@](C)(CO)CN3C(=O)OC(C)(C)C)n1. The Morgan fingerprint density at radius 2 is 1.97 bits per heavy atom. The molecule has 0 aliphatic carbocycles. The summed E-state index contributed by atoms with van der Waals surface area (Å²) in [6.07, 6.45) is 1.03. The quantitative estimate of drug-likeness (QED) is 0.518. The topological polar surface area (TPSA) is 135 Å². The van der Waals surface area contributed by atoms with E-state index < -0.39 is 17.1 Å². The van der Waals surface area contributed by atoms with Crippen LogP contribution in [0.5, 0.6) is 0 Å². The molecule has 188 valence electrons. The highest BCUT2D eigenvalue weighted by Gasteiger charge is 2.44.